The molecule has 0 unspecified atom stereocenters. The Morgan fingerprint density at radius 3 is 2.73 bits per heavy atom. The highest BCUT2D eigenvalue weighted by atomic mass is 32.2. The number of rotatable bonds is 4. The van der Waals surface area contributed by atoms with E-state index in [1.54, 1.807) is 11.8 Å². The molecule has 1 aliphatic heterocycles. The number of halogens is 1. The summed E-state index contributed by atoms with van der Waals surface area (Å²) in [6, 6.07) is 12.1. The summed E-state index contributed by atoms with van der Waals surface area (Å²) in [4.78, 5) is 8.76. The maximum atomic E-state index is 13.5. The largest absolute Gasteiger partial charge is 0.381 e. The number of H-pyrrole nitrogens is 1. The lowest BCUT2D eigenvalue weighted by atomic mass is 9.93. The van der Waals surface area contributed by atoms with Crippen LogP contribution in [-0.2, 0) is 4.74 Å². The molecule has 1 N–H and O–H groups in total. The predicted molar refractivity (Wildman–Crippen MR) is 105 cm³/mol. The molecule has 0 amide bonds. The third kappa shape index (κ3) is 3.69. The van der Waals surface area contributed by atoms with Crippen LogP contribution in [0.25, 0.3) is 16.6 Å². The van der Waals surface area contributed by atoms with Crippen LogP contribution in [0.2, 0.25) is 0 Å². The second-order valence-corrected chi connectivity index (χ2v) is 7.41. The molecule has 3 nitrogen and oxygen atoms in total. The van der Waals surface area contributed by atoms with Gasteiger partial charge in [-0.25, -0.2) is 9.37 Å². The van der Waals surface area contributed by atoms with E-state index in [1.165, 1.54) is 17.2 Å². The predicted octanol–water partition coefficient (Wildman–Crippen LogP) is 5.28. The van der Waals surface area contributed by atoms with Crippen molar-refractivity contribution in [2.24, 2.45) is 5.92 Å². The van der Waals surface area contributed by atoms with E-state index in [2.05, 4.69) is 46.6 Å². The highest BCUT2D eigenvalue weighted by molar-refractivity contribution is 7.98. The van der Waals surface area contributed by atoms with E-state index in [1.807, 2.05) is 6.07 Å². The van der Waals surface area contributed by atoms with E-state index in [0.717, 1.165) is 48.3 Å². The molecule has 3 heterocycles. The Morgan fingerprint density at radius 1 is 1.23 bits per heavy atom. The molecule has 1 aliphatic rings. The number of aromatic nitrogens is 2. The van der Waals surface area contributed by atoms with Crippen LogP contribution < -0.4 is 0 Å². The van der Waals surface area contributed by atoms with Crippen molar-refractivity contribution in [2.45, 2.75) is 17.7 Å². The number of hydrogen-bond donors (Lipinski definition) is 1. The molecule has 0 spiro atoms. The van der Waals surface area contributed by atoms with Crippen LogP contribution in [0.4, 0.5) is 4.39 Å². The van der Waals surface area contributed by atoms with Crippen LogP contribution in [0, 0.1) is 11.7 Å². The molecule has 1 fully saturated rings. The smallest absolute Gasteiger partial charge is 0.142 e. The van der Waals surface area contributed by atoms with Gasteiger partial charge in [0.1, 0.15) is 11.5 Å². The molecule has 134 valence electrons. The molecule has 0 saturated carbocycles. The van der Waals surface area contributed by atoms with Crippen molar-refractivity contribution < 1.29 is 9.13 Å². The molecular weight excluding hydrogens is 347 g/mol. The Morgan fingerprint density at radius 2 is 2.00 bits per heavy atom. The first-order valence-corrected chi connectivity index (χ1v) is 10.0. The van der Waals surface area contributed by atoms with Gasteiger partial charge in [-0.1, -0.05) is 18.2 Å². The second-order valence-electron chi connectivity index (χ2n) is 6.53. The maximum Gasteiger partial charge on any atom is 0.142 e. The fourth-order valence-corrected chi connectivity index (χ4v) is 3.77. The van der Waals surface area contributed by atoms with E-state index in [4.69, 9.17) is 4.74 Å². The summed E-state index contributed by atoms with van der Waals surface area (Å²) < 4.78 is 19.0. The van der Waals surface area contributed by atoms with Gasteiger partial charge in [-0.2, -0.15) is 0 Å². The van der Waals surface area contributed by atoms with Crippen LogP contribution >= 0.6 is 11.8 Å². The minimum atomic E-state index is -0.317. The Balaban J connectivity index is 1.78. The van der Waals surface area contributed by atoms with Gasteiger partial charge < -0.3 is 9.72 Å². The average Bonchev–Trinajstić information content (AvgIpc) is 3.10. The van der Waals surface area contributed by atoms with Gasteiger partial charge in [0, 0.05) is 34.8 Å². The third-order valence-corrected chi connectivity index (χ3v) is 5.54. The van der Waals surface area contributed by atoms with Gasteiger partial charge >= 0.3 is 0 Å². The maximum absolute atomic E-state index is 13.5. The Hall–Kier alpha value is -2.11. The number of allylic oxidation sites excluding steroid dienone is 1. The molecule has 0 radical (unpaired) electrons. The number of aromatic amines is 1. The fourth-order valence-electron chi connectivity index (χ4n) is 3.36. The quantitative estimate of drug-likeness (QED) is 0.637. The molecule has 2 aromatic heterocycles. The molecule has 1 saturated heterocycles. The summed E-state index contributed by atoms with van der Waals surface area (Å²) in [7, 11) is 0. The molecule has 0 atom stereocenters. The lowest BCUT2D eigenvalue weighted by Gasteiger charge is -2.20. The van der Waals surface area contributed by atoms with Crippen LogP contribution in [0.5, 0.6) is 0 Å². The van der Waals surface area contributed by atoms with Crippen molar-refractivity contribution in [2.75, 3.05) is 19.5 Å². The van der Waals surface area contributed by atoms with Crippen LogP contribution in [0.15, 0.2) is 53.6 Å². The van der Waals surface area contributed by atoms with Gasteiger partial charge in [0.15, 0.2) is 0 Å². The molecule has 0 aliphatic carbocycles. The Bertz CT molecular complexity index is 927. The summed E-state index contributed by atoms with van der Waals surface area (Å²) in [6.45, 7) is 1.61. The second kappa shape index (κ2) is 7.64. The zero-order valence-corrected chi connectivity index (χ0v) is 15.5. The summed E-state index contributed by atoms with van der Waals surface area (Å²) in [5, 5.41) is 0.790. The van der Waals surface area contributed by atoms with Crippen molar-refractivity contribution in [1.82, 2.24) is 9.97 Å². The molecule has 26 heavy (non-hydrogen) atoms. The number of fused-ring (bicyclic) bond motifs is 1. The molecular formula is C21H21FN2OS. The number of benzene rings is 1. The number of nitrogens with zero attached hydrogens (tertiary/aromatic N) is 1. The Kier molecular flexibility index (Phi) is 5.09. The average molecular weight is 368 g/mol. The highest BCUT2D eigenvalue weighted by Crippen LogP contribution is 2.30. The molecule has 5 heteroatoms. The van der Waals surface area contributed by atoms with Gasteiger partial charge in [0.05, 0.1) is 6.20 Å². The summed E-state index contributed by atoms with van der Waals surface area (Å²) in [6.07, 6.45) is 7.71. The lowest BCUT2D eigenvalue weighted by molar-refractivity contribution is 0.0786. The molecule has 1 aromatic carbocycles. The first-order valence-electron chi connectivity index (χ1n) is 8.81. The first-order chi connectivity index (χ1) is 12.7. The number of ether oxygens (including phenoxy) is 1. The minimum absolute atomic E-state index is 0.317. The topological polar surface area (TPSA) is 37.9 Å². The Labute approximate surface area is 156 Å². The van der Waals surface area contributed by atoms with Crippen molar-refractivity contribution in [3.8, 4) is 0 Å². The highest BCUT2D eigenvalue weighted by Gasteiger charge is 2.16. The van der Waals surface area contributed by atoms with Gasteiger partial charge in [0.2, 0.25) is 0 Å². The summed E-state index contributed by atoms with van der Waals surface area (Å²) in [5.74, 6) is 0.164. The fraction of sp³-hybridized carbons (Fsp3) is 0.286. The van der Waals surface area contributed by atoms with Crippen LogP contribution in [0.1, 0.15) is 24.1 Å². The van der Waals surface area contributed by atoms with Crippen molar-refractivity contribution in [3.05, 3.63) is 65.7 Å². The van der Waals surface area contributed by atoms with Gasteiger partial charge in [-0.15, -0.1) is 11.8 Å². The molecule has 0 bridgehead atoms. The van der Waals surface area contributed by atoms with Gasteiger partial charge in [-0.05, 0) is 54.8 Å². The van der Waals surface area contributed by atoms with Crippen molar-refractivity contribution in [3.63, 3.8) is 0 Å². The summed E-state index contributed by atoms with van der Waals surface area (Å²) in [5.41, 5.74) is 3.98. The van der Waals surface area contributed by atoms with E-state index in [0.29, 0.717) is 11.6 Å². The van der Waals surface area contributed by atoms with Gasteiger partial charge in [-0.3, -0.25) is 0 Å². The lowest BCUT2D eigenvalue weighted by Crippen LogP contribution is -2.14. The zero-order chi connectivity index (χ0) is 17.9. The van der Waals surface area contributed by atoms with Crippen LogP contribution in [-0.4, -0.2) is 29.4 Å². The number of pyridine rings is 1. The third-order valence-electron chi connectivity index (χ3n) is 4.80. The molecule has 3 aromatic rings. The van der Waals surface area contributed by atoms with E-state index in [9.17, 15) is 4.39 Å². The van der Waals surface area contributed by atoms with Crippen molar-refractivity contribution in [1.29, 1.82) is 0 Å². The van der Waals surface area contributed by atoms with Gasteiger partial charge in [0.25, 0.3) is 0 Å². The summed E-state index contributed by atoms with van der Waals surface area (Å²) >= 11 is 1.73. The van der Waals surface area contributed by atoms with E-state index >= 15 is 0 Å². The van der Waals surface area contributed by atoms with E-state index < -0.39 is 0 Å². The number of thioether (sulfide) groups is 1. The monoisotopic (exact) mass is 368 g/mol. The minimum Gasteiger partial charge on any atom is -0.381 e. The number of hydrogen-bond acceptors (Lipinski definition) is 3. The SMILES string of the molecule is CSc1ccc(/C(=C\C2CCOCC2)c2cc3cc(F)cnc3[nH]2)cc1. The normalized spacial score (nSPS) is 16.3. The van der Waals surface area contributed by atoms with Crippen molar-refractivity contribution >= 4 is 28.4 Å². The zero-order valence-electron chi connectivity index (χ0n) is 14.7. The molecule has 4 rings (SSSR count). The standard InChI is InChI=1S/C21H21FN2OS/c1-26-18-4-2-15(3-5-18)19(10-14-6-8-25-9-7-14)20-12-16-11-17(22)13-23-21(16)24-20/h2-5,10-14H,6-9H2,1H3,(H,23,24)/b19-10+. The number of nitrogens with one attached hydrogen (secondary N) is 1. The first kappa shape index (κ1) is 17.3. The van der Waals surface area contributed by atoms with E-state index in [-0.39, 0.29) is 5.82 Å². The van der Waals surface area contributed by atoms with Crippen LogP contribution in [0.3, 0.4) is 0 Å².